The minimum atomic E-state index is 0.252. The zero-order valence-corrected chi connectivity index (χ0v) is 11.1. The van der Waals surface area contributed by atoms with Gasteiger partial charge >= 0.3 is 0 Å². The van der Waals surface area contributed by atoms with Crippen LogP contribution in [0, 0.1) is 13.8 Å². The van der Waals surface area contributed by atoms with E-state index in [2.05, 4.69) is 36.6 Å². The summed E-state index contributed by atoms with van der Waals surface area (Å²) >= 11 is 0. The van der Waals surface area contributed by atoms with Crippen molar-refractivity contribution in [1.29, 1.82) is 0 Å². The lowest BCUT2D eigenvalue weighted by molar-refractivity contribution is -0.477. The Bertz CT molecular complexity index is 654. The van der Waals surface area contributed by atoms with Crippen LogP contribution in [0.15, 0.2) is 36.4 Å². The van der Waals surface area contributed by atoms with Crippen LogP contribution in [0.5, 0.6) is 11.5 Å². The molecular formula is C16H16NO2+. The van der Waals surface area contributed by atoms with Crippen molar-refractivity contribution in [3.8, 4) is 11.5 Å². The maximum Gasteiger partial charge on any atom is 0.292 e. The lowest BCUT2D eigenvalue weighted by Crippen LogP contribution is -2.21. The standard InChI is InChI=1S/C16H15NO2/c1-11-4-3-5-12(2)16(11)17-9-13-8-14(18)6-7-15(13)19-10-17/h3-9H,10H2,1-2H3/p+1. The topological polar surface area (TPSA) is 32.5 Å². The van der Waals surface area contributed by atoms with Gasteiger partial charge in [0.2, 0.25) is 5.69 Å². The van der Waals surface area contributed by atoms with Gasteiger partial charge in [-0.1, -0.05) is 18.2 Å². The summed E-state index contributed by atoms with van der Waals surface area (Å²) in [6.45, 7) is 4.67. The van der Waals surface area contributed by atoms with Gasteiger partial charge in [0, 0.05) is 11.1 Å². The first-order valence-corrected chi connectivity index (χ1v) is 6.29. The fraction of sp³-hybridized carbons (Fsp3) is 0.188. The van der Waals surface area contributed by atoms with Gasteiger partial charge in [0.05, 0.1) is 5.56 Å². The molecule has 0 aliphatic carbocycles. The zero-order chi connectivity index (χ0) is 13.4. The molecule has 1 aliphatic heterocycles. The van der Waals surface area contributed by atoms with Gasteiger partial charge < -0.3 is 9.84 Å². The number of phenolic OH excluding ortho intramolecular Hbond substituents is 1. The molecule has 0 aromatic heterocycles. The van der Waals surface area contributed by atoms with Crippen molar-refractivity contribution in [2.45, 2.75) is 13.8 Å². The number of aryl methyl sites for hydroxylation is 2. The SMILES string of the molecule is Cc1cccc(C)c1[N+]1=Cc2cc(O)ccc2OC1. The van der Waals surface area contributed by atoms with E-state index in [0.717, 1.165) is 17.0 Å². The van der Waals surface area contributed by atoms with Crippen LogP contribution in [-0.2, 0) is 0 Å². The van der Waals surface area contributed by atoms with Crippen LogP contribution in [-0.4, -0.2) is 22.6 Å². The van der Waals surface area contributed by atoms with Gasteiger partial charge in [-0.15, -0.1) is 0 Å². The van der Waals surface area contributed by atoms with Crippen LogP contribution in [0.2, 0.25) is 0 Å². The Kier molecular flexibility index (Phi) is 2.75. The molecule has 96 valence electrons. The molecule has 1 aliphatic rings. The van der Waals surface area contributed by atoms with Crippen molar-refractivity contribution in [2.75, 3.05) is 6.73 Å². The van der Waals surface area contributed by atoms with E-state index in [-0.39, 0.29) is 5.75 Å². The molecule has 3 heteroatoms. The lowest BCUT2D eigenvalue weighted by Gasteiger charge is -2.15. The van der Waals surface area contributed by atoms with Crippen LogP contribution in [0.1, 0.15) is 16.7 Å². The number of aromatic hydroxyl groups is 1. The van der Waals surface area contributed by atoms with E-state index in [4.69, 9.17) is 4.74 Å². The Morgan fingerprint density at radius 1 is 1.11 bits per heavy atom. The van der Waals surface area contributed by atoms with Crippen molar-refractivity contribution in [3.05, 3.63) is 53.1 Å². The summed E-state index contributed by atoms with van der Waals surface area (Å²) in [6.07, 6.45) is 2.02. The first kappa shape index (κ1) is 11.8. The van der Waals surface area contributed by atoms with Gasteiger partial charge in [0.15, 0.2) is 6.21 Å². The predicted molar refractivity (Wildman–Crippen MR) is 74.6 cm³/mol. The molecule has 0 spiro atoms. The fourth-order valence-electron chi connectivity index (χ4n) is 2.50. The summed E-state index contributed by atoms with van der Waals surface area (Å²) in [5, 5.41) is 9.56. The Hall–Kier alpha value is -2.29. The fourth-order valence-corrected chi connectivity index (χ4v) is 2.50. The van der Waals surface area contributed by atoms with E-state index in [9.17, 15) is 5.11 Å². The Morgan fingerprint density at radius 3 is 2.58 bits per heavy atom. The Balaban J connectivity index is 2.13. The van der Waals surface area contributed by atoms with Crippen LogP contribution in [0.3, 0.4) is 0 Å². The maximum atomic E-state index is 9.56. The van der Waals surface area contributed by atoms with Gasteiger partial charge in [0.25, 0.3) is 6.73 Å². The number of para-hydroxylation sites is 1. The summed E-state index contributed by atoms with van der Waals surface area (Å²) < 4.78 is 7.81. The van der Waals surface area contributed by atoms with Gasteiger partial charge in [-0.25, -0.2) is 0 Å². The number of hydrogen-bond acceptors (Lipinski definition) is 2. The van der Waals surface area contributed by atoms with Crippen LogP contribution in [0.25, 0.3) is 0 Å². The predicted octanol–water partition coefficient (Wildman–Crippen LogP) is 3.12. The molecule has 1 N–H and O–H groups in total. The lowest BCUT2D eigenvalue weighted by atomic mass is 10.1. The zero-order valence-electron chi connectivity index (χ0n) is 11.1. The second kappa shape index (κ2) is 4.43. The average molecular weight is 254 g/mol. The average Bonchev–Trinajstić information content (AvgIpc) is 2.38. The minimum absolute atomic E-state index is 0.252. The molecule has 19 heavy (non-hydrogen) atoms. The highest BCUT2D eigenvalue weighted by atomic mass is 16.5. The highest BCUT2D eigenvalue weighted by Crippen LogP contribution is 2.28. The van der Waals surface area contributed by atoms with Crippen LogP contribution >= 0.6 is 0 Å². The van der Waals surface area contributed by atoms with Crippen molar-refractivity contribution < 1.29 is 14.4 Å². The van der Waals surface area contributed by atoms with E-state index in [1.54, 1.807) is 18.2 Å². The second-order valence-corrected chi connectivity index (χ2v) is 4.83. The number of fused-ring (bicyclic) bond motifs is 1. The van der Waals surface area contributed by atoms with Crippen molar-refractivity contribution in [2.24, 2.45) is 0 Å². The minimum Gasteiger partial charge on any atom is -0.508 e. The molecule has 3 nitrogen and oxygen atoms in total. The first-order chi connectivity index (χ1) is 9.15. The number of ether oxygens (including phenoxy) is 1. The molecule has 0 amide bonds. The van der Waals surface area contributed by atoms with Crippen LogP contribution < -0.4 is 4.74 Å². The van der Waals surface area contributed by atoms with E-state index < -0.39 is 0 Å². The van der Waals surface area contributed by atoms with E-state index in [0.29, 0.717) is 6.73 Å². The quantitative estimate of drug-likeness (QED) is 0.793. The van der Waals surface area contributed by atoms with E-state index >= 15 is 0 Å². The third-order valence-corrected chi connectivity index (χ3v) is 3.37. The van der Waals surface area contributed by atoms with Gasteiger partial charge in [-0.05, 0) is 32.0 Å². The summed E-state index contributed by atoms with van der Waals surface area (Å²) in [6, 6.07) is 11.4. The number of rotatable bonds is 1. The molecule has 3 rings (SSSR count). The molecule has 0 unspecified atom stereocenters. The van der Waals surface area contributed by atoms with Crippen molar-refractivity contribution >= 4 is 11.9 Å². The highest BCUT2D eigenvalue weighted by molar-refractivity contribution is 5.82. The third-order valence-electron chi connectivity index (χ3n) is 3.37. The summed E-state index contributed by atoms with van der Waals surface area (Å²) in [7, 11) is 0. The number of hydrogen-bond donors (Lipinski definition) is 1. The summed E-state index contributed by atoms with van der Waals surface area (Å²) in [4.78, 5) is 0. The van der Waals surface area contributed by atoms with Gasteiger partial charge in [0.1, 0.15) is 11.5 Å². The maximum absolute atomic E-state index is 9.56. The first-order valence-electron chi connectivity index (χ1n) is 6.29. The molecule has 0 radical (unpaired) electrons. The highest BCUT2D eigenvalue weighted by Gasteiger charge is 2.22. The molecular weight excluding hydrogens is 238 g/mol. The molecule has 0 atom stereocenters. The van der Waals surface area contributed by atoms with E-state index in [1.165, 1.54) is 11.1 Å². The molecule has 0 bridgehead atoms. The number of benzene rings is 2. The molecule has 0 saturated carbocycles. The van der Waals surface area contributed by atoms with Gasteiger partial charge in [-0.3, -0.25) is 0 Å². The summed E-state index contributed by atoms with van der Waals surface area (Å²) in [5.74, 6) is 1.06. The molecule has 0 saturated heterocycles. The van der Waals surface area contributed by atoms with Gasteiger partial charge in [-0.2, -0.15) is 4.58 Å². The number of nitrogens with zero attached hydrogens (tertiary/aromatic N) is 1. The molecule has 1 heterocycles. The number of phenols is 1. The Morgan fingerprint density at radius 2 is 1.84 bits per heavy atom. The molecule has 0 fully saturated rings. The van der Waals surface area contributed by atoms with Crippen molar-refractivity contribution in [3.63, 3.8) is 0 Å². The molecule has 2 aromatic carbocycles. The summed E-state index contributed by atoms with van der Waals surface area (Å²) in [5.41, 5.74) is 4.48. The third kappa shape index (κ3) is 2.08. The van der Waals surface area contributed by atoms with Crippen LogP contribution in [0.4, 0.5) is 5.69 Å². The van der Waals surface area contributed by atoms with E-state index in [1.807, 2.05) is 6.21 Å². The van der Waals surface area contributed by atoms with Crippen molar-refractivity contribution in [1.82, 2.24) is 0 Å². The monoisotopic (exact) mass is 254 g/mol. The smallest absolute Gasteiger partial charge is 0.292 e. The molecule has 2 aromatic rings. The second-order valence-electron chi connectivity index (χ2n) is 4.83. The normalized spacial score (nSPS) is 13.5. The largest absolute Gasteiger partial charge is 0.508 e. The Labute approximate surface area is 112 Å².